The van der Waals surface area contributed by atoms with Crippen molar-refractivity contribution in [1.29, 1.82) is 5.26 Å². The number of benzene rings is 1. The number of nitriles is 1. The fraction of sp³-hybridized carbons (Fsp3) is 0.133. The molecule has 22 heavy (non-hydrogen) atoms. The molecule has 0 fully saturated rings. The molecule has 0 radical (unpaired) electrons. The normalized spacial score (nSPS) is 11.5. The van der Waals surface area contributed by atoms with E-state index in [1.54, 1.807) is 0 Å². The molecule has 0 unspecified atom stereocenters. The van der Waals surface area contributed by atoms with Gasteiger partial charge in [0.15, 0.2) is 11.7 Å². The average molecular weight is 299 g/mol. The maximum atomic E-state index is 12.9. The molecule has 1 atom stereocenters. The molecule has 7 heteroatoms. The second kappa shape index (κ2) is 6.10. The fourth-order valence-corrected chi connectivity index (χ4v) is 2.06. The van der Waals surface area contributed by atoms with Gasteiger partial charge >= 0.3 is 0 Å². The first kappa shape index (κ1) is 15.3. The van der Waals surface area contributed by atoms with Crippen LogP contribution >= 0.6 is 0 Å². The summed E-state index contributed by atoms with van der Waals surface area (Å²) in [6.07, 6.45) is 0.910. The first-order chi connectivity index (χ1) is 10.5. The third-order valence-electron chi connectivity index (χ3n) is 3.20. The van der Waals surface area contributed by atoms with E-state index in [2.05, 4.69) is 4.98 Å². The number of halogens is 1. The van der Waals surface area contributed by atoms with Gasteiger partial charge in [0, 0.05) is 17.2 Å². The van der Waals surface area contributed by atoms with Gasteiger partial charge in [0.1, 0.15) is 5.82 Å². The van der Waals surface area contributed by atoms with E-state index in [9.17, 15) is 24.6 Å². The van der Waals surface area contributed by atoms with E-state index in [0.717, 1.165) is 12.3 Å². The van der Waals surface area contributed by atoms with Crippen LogP contribution in [-0.2, 0) is 0 Å². The number of hydrogen-bond acceptors (Lipinski definition) is 5. The van der Waals surface area contributed by atoms with Crippen molar-refractivity contribution in [3.05, 3.63) is 69.3 Å². The van der Waals surface area contributed by atoms with Gasteiger partial charge in [-0.25, -0.2) is 4.39 Å². The van der Waals surface area contributed by atoms with Gasteiger partial charge in [-0.2, -0.15) is 5.26 Å². The van der Waals surface area contributed by atoms with E-state index in [0.29, 0.717) is 0 Å². The quantitative estimate of drug-likeness (QED) is 0.491. The standard InChI is InChI=1S/C15H10FN3O3/c1-9-11(3-2-4-14(9)19(21)22)15(20)12(7-17)13-6-5-10(16)8-18-13/h2-6,8,12H,1H3/t12-/m0/s1. The molecule has 0 aliphatic rings. The van der Waals surface area contributed by atoms with Crippen molar-refractivity contribution >= 4 is 11.5 Å². The number of nitro benzene ring substituents is 1. The number of hydrogen-bond donors (Lipinski definition) is 0. The fourth-order valence-electron chi connectivity index (χ4n) is 2.06. The Hall–Kier alpha value is -3.14. The molecule has 0 bridgehead atoms. The molecule has 0 aliphatic heterocycles. The molecule has 2 aromatic rings. The Morgan fingerprint density at radius 1 is 1.41 bits per heavy atom. The van der Waals surface area contributed by atoms with Crippen LogP contribution in [0.2, 0.25) is 0 Å². The Bertz CT molecular complexity index is 782. The Balaban J connectivity index is 2.46. The molecule has 0 amide bonds. The Morgan fingerprint density at radius 2 is 2.14 bits per heavy atom. The highest BCUT2D eigenvalue weighted by molar-refractivity contribution is 6.04. The molecule has 1 aromatic carbocycles. The number of carbonyl (C=O) groups is 1. The minimum Gasteiger partial charge on any atom is -0.292 e. The minimum atomic E-state index is -1.25. The van der Waals surface area contributed by atoms with Crippen molar-refractivity contribution in [1.82, 2.24) is 4.98 Å². The smallest absolute Gasteiger partial charge is 0.273 e. The van der Waals surface area contributed by atoms with Crippen molar-refractivity contribution in [3.63, 3.8) is 0 Å². The zero-order valence-electron chi connectivity index (χ0n) is 11.5. The summed E-state index contributed by atoms with van der Waals surface area (Å²) in [4.78, 5) is 26.5. The first-order valence-corrected chi connectivity index (χ1v) is 6.25. The van der Waals surface area contributed by atoms with Crippen LogP contribution in [0.15, 0.2) is 36.5 Å². The summed E-state index contributed by atoms with van der Waals surface area (Å²) < 4.78 is 12.9. The molecular weight excluding hydrogens is 289 g/mol. The van der Waals surface area contributed by atoms with E-state index >= 15 is 0 Å². The van der Waals surface area contributed by atoms with Gasteiger partial charge in [0.25, 0.3) is 5.69 Å². The van der Waals surface area contributed by atoms with E-state index in [1.165, 1.54) is 31.2 Å². The topological polar surface area (TPSA) is 96.9 Å². The number of Topliss-reactive ketones (excluding diaryl/α,β-unsaturated/α-hetero) is 1. The van der Waals surface area contributed by atoms with Crippen LogP contribution in [0, 0.1) is 34.2 Å². The van der Waals surface area contributed by atoms with Gasteiger partial charge in [0.05, 0.1) is 22.9 Å². The van der Waals surface area contributed by atoms with E-state index in [-0.39, 0.29) is 22.5 Å². The third kappa shape index (κ3) is 2.81. The van der Waals surface area contributed by atoms with Crippen molar-refractivity contribution in [3.8, 4) is 6.07 Å². The number of carbonyl (C=O) groups excluding carboxylic acids is 1. The Kier molecular flexibility index (Phi) is 4.23. The van der Waals surface area contributed by atoms with Crippen LogP contribution in [0.1, 0.15) is 27.5 Å². The second-order valence-electron chi connectivity index (χ2n) is 4.53. The number of nitrogens with zero attached hydrogens (tertiary/aromatic N) is 3. The maximum Gasteiger partial charge on any atom is 0.273 e. The zero-order chi connectivity index (χ0) is 16.3. The number of pyridine rings is 1. The van der Waals surface area contributed by atoms with Crippen molar-refractivity contribution in [2.24, 2.45) is 0 Å². The molecule has 0 saturated heterocycles. The molecular formula is C15H10FN3O3. The maximum absolute atomic E-state index is 12.9. The highest BCUT2D eigenvalue weighted by Gasteiger charge is 2.27. The molecule has 1 heterocycles. The third-order valence-corrected chi connectivity index (χ3v) is 3.20. The lowest BCUT2D eigenvalue weighted by Crippen LogP contribution is -2.14. The van der Waals surface area contributed by atoms with Crippen LogP contribution in [-0.4, -0.2) is 15.7 Å². The lowest BCUT2D eigenvalue weighted by molar-refractivity contribution is -0.385. The Labute approximate surface area is 125 Å². The molecule has 1 aromatic heterocycles. The molecule has 0 N–H and O–H groups in total. The number of ketones is 1. The lowest BCUT2D eigenvalue weighted by Gasteiger charge is -2.10. The van der Waals surface area contributed by atoms with E-state index in [1.807, 2.05) is 6.07 Å². The summed E-state index contributed by atoms with van der Waals surface area (Å²) in [7, 11) is 0. The van der Waals surface area contributed by atoms with E-state index in [4.69, 9.17) is 0 Å². The SMILES string of the molecule is Cc1c(C(=O)[C@@H](C#N)c2ccc(F)cn2)cccc1[N+](=O)[O-]. The van der Waals surface area contributed by atoms with Gasteiger partial charge in [-0.15, -0.1) is 0 Å². The molecule has 2 rings (SSSR count). The van der Waals surface area contributed by atoms with E-state index < -0.39 is 22.4 Å². The molecule has 0 aliphatic carbocycles. The van der Waals surface area contributed by atoms with Gasteiger partial charge < -0.3 is 0 Å². The largest absolute Gasteiger partial charge is 0.292 e. The summed E-state index contributed by atoms with van der Waals surface area (Å²) in [5, 5.41) is 20.1. The molecule has 0 spiro atoms. The van der Waals surface area contributed by atoms with Gasteiger partial charge in [-0.05, 0) is 19.1 Å². The average Bonchev–Trinajstić information content (AvgIpc) is 2.49. The van der Waals surface area contributed by atoms with Crippen molar-refractivity contribution < 1.29 is 14.1 Å². The number of rotatable bonds is 4. The van der Waals surface area contributed by atoms with Gasteiger partial charge in [-0.3, -0.25) is 19.9 Å². The zero-order valence-corrected chi connectivity index (χ0v) is 11.5. The van der Waals surface area contributed by atoms with Crippen LogP contribution in [0.3, 0.4) is 0 Å². The highest BCUT2D eigenvalue weighted by Crippen LogP contribution is 2.26. The predicted molar refractivity (Wildman–Crippen MR) is 74.7 cm³/mol. The monoisotopic (exact) mass is 299 g/mol. The van der Waals surface area contributed by atoms with Gasteiger partial charge in [-0.1, -0.05) is 12.1 Å². The summed E-state index contributed by atoms with van der Waals surface area (Å²) in [5.74, 6) is -2.44. The predicted octanol–water partition coefficient (Wildman–Crippen LogP) is 2.93. The molecule has 110 valence electrons. The summed E-state index contributed by atoms with van der Waals surface area (Å²) in [6.45, 7) is 1.44. The summed E-state index contributed by atoms with van der Waals surface area (Å²) in [5.41, 5.74) is 0.154. The first-order valence-electron chi connectivity index (χ1n) is 6.25. The number of nitro groups is 1. The molecule has 0 saturated carbocycles. The number of aromatic nitrogens is 1. The van der Waals surface area contributed by atoms with Crippen LogP contribution in [0.25, 0.3) is 0 Å². The lowest BCUT2D eigenvalue weighted by atomic mass is 9.92. The summed E-state index contributed by atoms with van der Waals surface area (Å²) >= 11 is 0. The summed E-state index contributed by atoms with van der Waals surface area (Å²) in [6, 6.07) is 8.23. The van der Waals surface area contributed by atoms with Crippen molar-refractivity contribution in [2.75, 3.05) is 0 Å². The van der Waals surface area contributed by atoms with Gasteiger partial charge in [0.2, 0.25) is 0 Å². The second-order valence-corrected chi connectivity index (χ2v) is 4.53. The van der Waals surface area contributed by atoms with Crippen molar-refractivity contribution in [2.45, 2.75) is 12.8 Å². The minimum absolute atomic E-state index is 0.0758. The van der Waals surface area contributed by atoms with Crippen LogP contribution < -0.4 is 0 Å². The van der Waals surface area contributed by atoms with Crippen LogP contribution in [0.4, 0.5) is 10.1 Å². The van der Waals surface area contributed by atoms with Crippen LogP contribution in [0.5, 0.6) is 0 Å². The molecule has 6 nitrogen and oxygen atoms in total. The highest BCUT2D eigenvalue weighted by atomic mass is 19.1. The Morgan fingerprint density at radius 3 is 2.68 bits per heavy atom.